The van der Waals surface area contributed by atoms with Gasteiger partial charge in [0.1, 0.15) is 5.72 Å². The van der Waals surface area contributed by atoms with Crippen LogP contribution in [0, 0.1) is 52.3 Å². The highest BCUT2D eigenvalue weighted by Gasteiger charge is 2.68. The van der Waals surface area contributed by atoms with E-state index < -0.39 is 0 Å². The maximum Gasteiger partial charge on any atom is 0.122 e. The Bertz CT molecular complexity index is 739. The molecule has 2 aliphatic heterocycles. The molecule has 0 aromatic carbocycles. The van der Waals surface area contributed by atoms with Crippen LogP contribution >= 0.6 is 0 Å². The zero-order valence-electron chi connectivity index (χ0n) is 19.6. The van der Waals surface area contributed by atoms with Crippen molar-refractivity contribution in [1.29, 1.82) is 0 Å². The summed E-state index contributed by atoms with van der Waals surface area (Å²) in [6.45, 7) is 11.2. The van der Waals surface area contributed by atoms with Gasteiger partial charge < -0.3 is 9.84 Å². The predicted octanol–water partition coefficient (Wildman–Crippen LogP) is 6.06. The number of allylic oxidation sites excluding steroid dienone is 2. The van der Waals surface area contributed by atoms with Crippen LogP contribution in [0.15, 0.2) is 11.8 Å². The average Bonchev–Trinajstić information content (AvgIpc) is 3.16. The van der Waals surface area contributed by atoms with Crippen molar-refractivity contribution < 1.29 is 9.84 Å². The number of fused-ring (bicyclic) bond motifs is 7. The Morgan fingerprint density at radius 1 is 1.03 bits per heavy atom. The second-order valence-electron chi connectivity index (χ2n) is 12.9. The summed E-state index contributed by atoms with van der Waals surface area (Å²) < 4.78 is 7.00. The lowest BCUT2D eigenvalue weighted by atomic mass is 9.45. The number of nitrogens with one attached hydrogen (secondary N) is 1. The van der Waals surface area contributed by atoms with E-state index in [0.717, 1.165) is 49.0 Å². The fraction of sp³-hybridized carbons (Fsp3) is 0.926. The number of piperidine rings is 1. The van der Waals surface area contributed by atoms with Gasteiger partial charge in [-0.15, -0.1) is 0 Å². The van der Waals surface area contributed by atoms with E-state index in [1.807, 2.05) is 0 Å². The summed E-state index contributed by atoms with van der Waals surface area (Å²) in [5.41, 5.74) is 0.820. The van der Waals surface area contributed by atoms with Gasteiger partial charge in [-0.2, -0.15) is 0 Å². The number of hydrogen-bond donors (Lipinski definition) is 2. The summed E-state index contributed by atoms with van der Waals surface area (Å²) in [6.07, 6.45) is 13.9. The van der Waals surface area contributed by atoms with Crippen molar-refractivity contribution in [2.24, 2.45) is 52.3 Å². The Hall–Kier alpha value is -0.540. The van der Waals surface area contributed by atoms with Gasteiger partial charge in [-0.05, 0) is 104 Å². The summed E-state index contributed by atoms with van der Waals surface area (Å²) in [7, 11) is 0. The van der Waals surface area contributed by atoms with Gasteiger partial charge in [0.15, 0.2) is 0 Å². The van der Waals surface area contributed by atoms with E-state index in [1.54, 1.807) is 0 Å². The summed E-state index contributed by atoms with van der Waals surface area (Å²) in [6, 6.07) is 0. The lowest BCUT2D eigenvalue weighted by Gasteiger charge is -2.60. The van der Waals surface area contributed by atoms with E-state index in [0.29, 0.717) is 34.5 Å². The molecule has 3 nitrogen and oxygen atoms in total. The van der Waals surface area contributed by atoms with E-state index in [4.69, 9.17) is 4.74 Å². The standard InChI is InChI=1S/C27H43NO2/c1-16-7-12-27(28-15-16)17(2)24-23(30-27)14-22-20-6-5-18-13-19(29)8-10-25(18,3)21(20)9-11-26(22,24)4/h8,16-18,20-24,28-29H,5-7,9-15H2,1-4H3/t16-,17+,18-,20+,21-,22-,23-,24-,25-,26-,27-/m0/s1. The molecule has 0 bridgehead atoms. The number of aliphatic hydroxyl groups is 1. The number of hydrogen-bond acceptors (Lipinski definition) is 3. The van der Waals surface area contributed by atoms with Crippen molar-refractivity contribution in [1.82, 2.24) is 5.32 Å². The van der Waals surface area contributed by atoms with E-state index >= 15 is 0 Å². The zero-order chi connectivity index (χ0) is 20.9. The van der Waals surface area contributed by atoms with Crippen molar-refractivity contribution in [3.8, 4) is 0 Å². The summed E-state index contributed by atoms with van der Waals surface area (Å²) in [5.74, 6) is 6.05. The molecule has 6 rings (SSSR count). The molecule has 2 heterocycles. The van der Waals surface area contributed by atoms with Crippen LogP contribution < -0.4 is 5.32 Å². The Labute approximate surface area is 183 Å². The zero-order valence-corrected chi connectivity index (χ0v) is 19.6. The monoisotopic (exact) mass is 413 g/mol. The Balaban J connectivity index is 1.27. The van der Waals surface area contributed by atoms with Crippen LogP contribution in [-0.2, 0) is 4.74 Å². The van der Waals surface area contributed by atoms with Crippen LogP contribution in [0.25, 0.3) is 0 Å². The molecule has 0 amide bonds. The summed E-state index contributed by atoms with van der Waals surface area (Å²) in [4.78, 5) is 0. The van der Waals surface area contributed by atoms with Crippen LogP contribution in [0.4, 0.5) is 0 Å². The summed E-state index contributed by atoms with van der Waals surface area (Å²) >= 11 is 0. The lowest BCUT2D eigenvalue weighted by Crippen LogP contribution is -2.57. The van der Waals surface area contributed by atoms with E-state index in [1.165, 1.54) is 44.9 Å². The molecule has 2 N–H and O–H groups in total. The van der Waals surface area contributed by atoms with Gasteiger partial charge in [-0.3, -0.25) is 5.32 Å². The molecular weight excluding hydrogens is 370 g/mol. The van der Waals surface area contributed by atoms with Gasteiger partial charge in [-0.25, -0.2) is 0 Å². The lowest BCUT2D eigenvalue weighted by molar-refractivity contribution is -0.127. The van der Waals surface area contributed by atoms with Gasteiger partial charge in [0.2, 0.25) is 0 Å². The third-order valence-corrected chi connectivity index (χ3v) is 11.8. The van der Waals surface area contributed by atoms with E-state index in [2.05, 4.69) is 39.1 Å². The molecule has 0 aromatic heterocycles. The molecule has 0 radical (unpaired) electrons. The quantitative estimate of drug-likeness (QED) is 0.507. The van der Waals surface area contributed by atoms with Crippen LogP contribution in [0.1, 0.15) is 85.5 Å². The maximum atomic E-state index is 10.2. The molecule has 3 saturated carbocycles. The highest BCUT2D eigenvalue weighted by Crippen LogP contribution is 2.70. The van der Waals surface area contributed by atoms with E-state index in [9.17, 15) is 5.11 Å². The van der Waals surface area contributed by atoms with E-state index in [-0.39, 0.29) is 5.72 Å². The molecule has 1 spiro atoms. The second kappa shape index (κ2) is 6.50. The Morgan fingerprint density at radius 2 is 1.87 bits per heavy atom. The minimum absolute atomic E-state index is 0.0397. The molecule has 5 fully saturated rings. The fourth-order valence-corrected chi connectivity index (χ4v) is 10.1. The SMILES string of the molecule is C[C@H]1CC[C@]2(NC1)O[C@H]1C[C@H]3[C@@H]4CC[C@H]5CC(O)=CC[C@]5(C)[C@H]4CC[C@]3(C)[C@H]1[C@H]2C. The van der Waals surface area contributed by atoms with Gasteiger partial charge in [0.05, 0.1) is 11.9 Å². The smallest absolute Gasteiger partial charge is 0.122 e. The second-order valence-corrected chi connectivity index (χ2v) is 12.9. The first-order chi connectivity index (χ1) is 14.3. The van der Waals surface area contributed by atoms with Gasteiger partial charge in [0.25, 0.3) is 0 Å². The fourth-order valence-electron chi connectivity index (χ4n) is 10.1. The molecule has 11 atom stereocenters. The Kier molecular flexibility index (Phi) is 4.35. The average molecular weight is 414 g/mol. The van der Waals surface area contributed by atoms with Crippen LogP contribution in [0.2, 0.25) is 0 Å². The van der Waals surface area contributed by atoms with Gasteiger partial charge >= 0.3 is 0 Å². The normalized spacial score (nSPS) is 59.8. The highest BCUT2D eigenvalue weighted by atomic mass is 16.5. The first-order valence-electron chi connectivity index (χ1n) is 13.1. The van der Waals surface area contributed by atoms with Crippen LogP contribution in [0.5, 0.6) is 0 Å². The molecule has 3 heteroatoms. The van der Waals surface area contributed by atoms with Crippen molar-refractivity contribution in [3.05, 3.63) is 11.8 Å². The van der Waals surface area contributed by atoms with Gasteiger partial charge in [-0.1, -0.05) is 27.7 Å². The molecular formula is C27H43NO2. The van der Waals surface area contributed by atoms with Crippen LogP contribution in [-0.4, -0.2) is 23.5 Å². The summed E-state index contributed by atoms with van der Waals surface area (Å²) in [5, 5.41) is 14.1. The topological polar surface area (TPSA) is 41.5 Å². The third-order valence-electron chi connectivity index (χ3n) is 11.8. The molecule has 2 saturated heterocycles. The Morgan fingerprint density at radius 3 is 2.63 bits per heavy atom. The largest absolute Gasteiger partial charge is 0.513 e. The minimum atomic E-state index is -0.0397. The third kappa shape index (κ3) is 2.51. The molecule has 168 valence electrons. The maximum absolute atomic E-state index is 10.2. The molecule has 6 aliphatic rings. The number of ether oxygens (including phenoxy) is 1. The molecule has 30 heavy (non-hydrogen) atoms. The predicted molar refractivity (Wildman–Crippen MR) is 120 cm³/mol. The van der Waals surface area contributed by atoms with Crippen molar-refractivity contribution in [2.45, 2.75) is 97.3 Å². The number of aliphatic hydroxyl groups excluding tert-OH is 1. The van der Waals surface area contributed by atoms with Crippen molar-refractivity contribution in [2.75, 3.05) is 6.54 Å². The first kappa shape index (κ1) is 20.1. The first-order valence-corrected chi connectivity index (χ1v) is 13.1. The minimum Gasteiger partial charge on any atom is -0.513 e. The highest BCUT2D eigenvalue weighted by molar-refractivity contribution is 5.18. The van der Waals surface area contributed by atoms with Crippen molar-refractivity contribution >= 4 is 0 Å². The van der Waals surface area contributed by atoms with Crippen LogP contribution in [0.3, 0.4) is 0 Å². The molecule has 0 unspecified atom stereocenters. The number of rotatable bonds is 0. The molecule has 0 aromatic rings. The van der Waals surface area contributed by atoms with Crippen molar-refractivity contribution in [3.63, 3.8) is 0 Å². The molecule has 4 aliphatic carbocycles. The van der Waals surface area contributed by atoms with Gasteiger partial charge in [0, 0.05) is 18.9 Å².